The van der Waals surface area contributed by atoms with E-state index in [1.54, 1.807) is 0 Å². The van der Waals surface area contributed by atoms with Gasteiger partial charge in [-0.25, -0.2) is 9.59 Å². The van der Waals surface area contributed by atoms with Gasteiger partial charge in [-0.3, -0.25) is 10.1 Å². The van der Waals surface area contributed by atoms with Gasteiger partial charge in [0.2, 0.25) is 5.76 Å². The number of carbonyl (C=O) groups is 3. The molecule has 0 saturated carbocycles. The molecule has 2 N–H and O–H groups in total. The van der Waals surface area contributed by atoms with Crippen LogP contribution < -0.4 is 10.6 Å². The van der Waals surface area contributed by atoms with Gasteiger partial charge in [-0.05, 0) is 36.6 Å². The molecule has 3 amide bonds. The number of furan rings is 1. The average Bonchev–Trinajstić information content (AvgIpc) is 3.15. The lowest BCUT2D eigenvalue weighted by Gasteiger charge is -2.08. The zero-order valence-corrected chi connectivity index (χ0v) is 16.3. The zero-order chi connectivity index (χ0) is 22.3. The third kappa shape index (κ3) is 6.94. The standard InChI is InChI=1S/C20H21F3N2O5/c1-12(2)8-9-24-19(28)25-17(26)11-29-18(27)16-7-6-15(30-16)13-4-3-5-14(10-13)20(21,22)23/h3-7,10,12H,8-9,11H2,1-2H3,(H2,24,25,26,28). The van der Waals surface area contributed by atoms with Crippen molar-refractivity contribution in [1.29, 1.82) is 0 Å². The van der Waals surface area contributed by atoms with Crippen LogP contribution in [0.4, 0.5) is 18.0 Å². The number of amides is 3. The molecule has 0 unspecified atom stereocenters. The zero-order valence-electron chi connectivity index (χ0n) is 16.3. The first kappa shape index (κ1) is 23.0. The molecule has 2 rings (SSSR count). The molecule has 0 aliphatic heterocycles. The van der Waals surface area contributed by atoms with Crippen molar-refractivity contribution in [2.24, 2.45) is 5.92 Å². The fourth-order valence-corrected chi connectivity index (χ4v) is 2.34. The second-order valence-electron chi connectivity index (χ2n) is 6.81. The van der Waals surface area contributed by atoms with Crippen LogP contribution in [0.3, 0.4) is 0 Å². The van der Waals surface area contributed by atoms with E-state index >= 15 is 0 Å². The highest BCUT2D eigenvalue weighted by atomic mass is 19.4. The Balaban J connectivity index is 1.88. The topological polar surface area (TPSA) is 97.6 Å². The van der Waals surface area contributed by atoms with E-state index in [2.05, 4.69) is 5.32 Å². The normalized spacial score (nSPS) is 11.3. The van der Waals surface area contributed by atoms with Crippen LogP contribution in [0.25, 0.3) is 11.3 Å². The van der Waals surface area contributed by atoms with Gasteiger partial charge in [0.1, 0.15) is 5.76 Å². The van der Waals surface area contributed by atoms with Crippen LogP contribution in [-0.4, -0.2) is 31.1 Å². The third-order valence-corrected chi connectivity index (χ3v) is 3.88. The van der Waals surface area contributed by atoms with Crippen molar-refractivity contribution in [2.45, 2.75) is 26.4 Å². The molecule has 1 aromatic carbocycles. The number of carbonyl (C=O) groups excluding carboxylic acids is 3. The van der Waals surface area contributed by atoms with Crippen LogP contribution in [0.1, 0.15) is 36.4 Å². The number of rotatable bonds is 7. The number of alkyl halides is 3. The number of benzene rings is 1. The molecule has 0 spiro atoms. The van der Waals surface area contributed by atoms with Gasteiger partial charge in [0.25, 0.3) is 5.91 Å². The fraction of sp³-hybridized carbons (Fsp3) is 0.350. The van der Waals surface area contributed by atoms with Crippen LogP contribution >= 0.6 is 0 Å². The van der Waals surface area contributed by atoms with E-state index in [1.807, 2.05) is 19.2 Å². The molecule has 0 aliphatic rings. The number of hydrogen-bond donors (Lipinski definition) is 2. The Morgan fingerprint density at radius 2 is 1.87 bits per heavy atom. The van der Waals surface area contributed by atoms with E-state index < -0.39 is 36.3 Å². The van der Waals surface area contributed by atoms with Crippen molar-refractivity contribution in [3.63, 3.8) is 0 Å². The van der Waals surface area contributed by atoms with Gasteiger partial charge >= 0.3 is 18.2 Å². The summed E-state index contributed by atoms with van der Waals surface area (Å²) in [4.78, 5) is 35.2. The first-order valence-corrected chi connectivity index (χ1v) is 9.08. The van der Waals surface area contributed by atoms with Crippen LogP contribution in [0.15, 0.2) is 40.8 Å². The number of hydrogen-bond acceptors (Lipinski definition) is 5. The van der Waals surface area contributed by atoms with E-state index in [9.17, 15) is 27.6 Å². The Bertz CT molecular complexity index is 906. The summed E-state index contributed by atoms with van der Waals surface area (Å²) >= 11 is 0. The third-order valence-electron chi connectivity index (χ3n) is 3.88. The SMILES string of the molecule is CC(C)CCNC(=O)NC(=O)COC(=O)c1ccc(-c2cccc(C(F)(F)F)c2)o1. The average molecular weight is 426 g/mol. The molecule has 10 heteroatoms. The maximum Gasteiger partial charge on any atom is 0.416 e. The quantitative estimate of drug-likeness (QED) is 0.653. The number of halogens is 3. The molecule has 0 radical (unpaired) electrons. The molecule has 0 bridgehead atoms. The summed E-state index contributed by atoms with van der Waals surface area (Å²) in [5.74, 6) is -1.71. The summed E-state index contributed by atoms with van der Waals surface area (Å²) < 4.78 is 48.4. The second-order valence-corrected chi connectivity index (χ2v) is 6.81. The van der Waals surface area contributed by atoms with Crippen molar-refractivity contribution in [1.82, 2.24) is 10.6 Å². The summed E-state index contributed by atoms with van der Waals surface area (Å²) in [6.07, 6.45) is -3.78. The smallest absolute Gasteiger partial charge is 0.416 e. The second kappa shape index (κ2) is 9.95. The highest BCUT2D eigenvalue weighted by molar-refractivity contribution is 5.96. The summed E-state index contributed by atoms with van der Waals surface area (Å²) in [5.41, 5.74) is -0.733. The number of ether oxygens (including phenoxy) is 1. The van der Waals surface area contributed by atoms with Gasteiger partial charge < -0.3 is 14.5 Å². The molecule has 30 heavy (non-hydrogen) atoms. The van der Waals surface area contributed by atoms with Gasteiger partial charge in [0, 0.05) is 12.1 Å². The van der Waals surface area contributed by atoms with Gasteiger partial charge in [-0.2, -0.15) is 13.2 Å². The van der Waals surface area contributed by atoms with E-state index in [1.165, 1.54) is 24.3 Å². The molecule has 162 valence electrons. The number of urea groups is 1. The molecule has 0 aliphatic carbocycles. The maximum atomic E-state index is 12.8. The van der Waals surface area contributed by atoms with Crippen LogP contribution in [-0.2, 0) is 15.7 Å². The Labute approximate surface area is 170 Å². The lowest BCUT2D eigenvalue weighted by Crippen LogP contribution is -2.41. The van der Waals surface area contributed by atoms with E-state index in [0.717, 1.165) is 18.6 Å². The van der Waals surface area contributed by atoms with Gasteiger partial charge in [-0.1, -0.05) is 26.0 Å². The first-order chi connectivity index (χ1) is 14.1. The lowest BCUT2D eigenvalue weighted by molar-refractivity contribution is -0.137. The van der Waals surface area contributed by atoms with Crippen molar-refractivity contribution in [3.05, 3.63) is 47.7 Å². The predicted molar refractivity (Wildman–Crippen MR) is 100 cm³/mol. The Hall–Kier alpha value is -3.30. The molecular weight excluding hydrogens is 405 g/mol. The highest BCUT2D eigenvalue weighted by Gasteiger charge is 2.30. The molecule has 0 saturated heterocycles. The van der Waals surface area contributed by atoms with E-state index in [0.29, 0.717) is 12.5 Å². The highest BCUT2D eigenvalue weighted by Crippen LogP contribution is 2.32. The first-order valence-electron chi connectivity index (χ1n) is 9.08. The van der Waals surface area contributed by atoms with Gasteiger partial charge in [0.15, 0.2) is 6.61 Å². The minimum absolute atomic E-state index is 0.0297. The van der Waals surface area contributed by atoms with Crippen molar-refractivity contribution < 1.29 is 36.7 Å². The monoisotopic (exact) mass is 426 g/mol. The van der Waals surface area contributed by atoms with Crippen LogP contribution in [0.5, 0.6) is 0 Å². The summed E-state index contributed by atoms with van der Waals surface area (Å²) in [6.45, 7) is 3.63. The minimum atomic E-state index is -4.52. The van der Waals surface area contributed by atoms with Gasteiger partial charge in [-0.15, -0.1) is 0 Å². The summed E-state index contributed by atoms with van der Waals surface area (Å²) in [5, 5.41) is 4.50. The molecule has 0 fully saturated rings. The Morgan fingerprint density at radius 1 is 1.13 bits per heavy atom. The van der Waals surface area contributed by atoms with Gasteiger partial charge in [0.05, 0.1) is 5.56 Å². The lowest BCUT2D eigenvalue weighted by atomic mass is 10.1. The number of imide groups is 1. The molecule has 1 heterocycles. The Kier molecular flexibility index (Phi) is 7.62. The largest absolute Gasteiger partial charge is 0.450 e. The molecule has 7 nitrogen and oxygen atoms in total. The van der Waals surface area contributed by atoms with Crippen molar-refractivity contribution in [2.75, 3.05) is 13.2 Å². The molecule has 1 aromatic heterocycles. The van der Waals surface area contributed by atoms with E-state index in [4.69, 9.17) is 9.15 Å². The van der Waals surface area contributed by atoms with Crippen molar-refractivity contribution >= 4 is 17.9 Å². The number of esters is 1. The molecular formula is C20H21F3N2O5. The summed E-state index contributed by atoms with van der Waals surface area (Å²) in [6, 6.07) is 6.24. The Morgan fingerprint density at radius 3 is 2.53 bits per heavy atom. The molecule has 0 atom stereocenters. The summed E-state index contributed by atoms with van der Waals surface area (Å²) in [7, 11) is 0. The van der Waals surface area contributed by atoms with Crippen molar-refractivity contribution in [3.8, 4) is 11.3 Å². The molecule has 2 aromatic rings. The maximum absolute atomic E-state index is 12.8. The van der Waals surface area contributed by atoms with Crippen LogP contribution in [0, 0.1) is 5.92 Å². The van der Waals surface area contributed by atoms with Crippen LogP contribution in [0.2, 0.25) is 0 Å². The fourth-order valence-electron chi connectivity index (χ4n) is 2.34. The minimum Gasteiger partial charge on any atom is -0.450 e. The number of nitrogens with one attached hydrogen (secondary N) is 2. The van der Waals surface area contributed by atoms with E-state index in [-0.39, 0.29) is 17.1 Å². The predicted octanol–water partition coefficient (Wildman–Crippen LogP) is 3.99.